The first-order valence-electron chi connectivity index (χ1n) is 8.65. The van der Waals surface area contributed by atoms with Gasteiger partial charge in [0, 0.05) is 24.9 Å². The first kappa shape index (κ1) is 21.0. The van der Waals surface area contributed by atoms with Crippen LogP contribution in [-0.2, 0) is 32.0 Å². The number of hydrogen-bond acceptors (Lipinski definition) is 5. The van der Waals surface area contributed by atoms with Crippen LogP contribution in [0.2, 0.25) is 0 Å². The second kappa shape index (κ2) is 10.7. The van der Waals surface area contributed by atoms with Crippen molar-refractivity contribution in [2.75, 3.05) is 13.7 Å². The highest BCUT2D eigenvalue weighted by Crippen LogP contribution is 2.21. The first-order valence-corrected chi connectivity index (χ1v) is 8.65. The van der Waals surface area contributed by atoms with Crippen LogP contribution in [0.5, 0.6) is 5.75 Å². The summed E-state index contributed by atoms with van der Waals surface area (Å²) >= 11 is 0. The topological polar surface area (TPSA) is 73.9 Å². The van der Waals surface area contributed by atoms with Gasteiger partial charge in [0.05, 0.1) is 19.8 Å². The molecule has 0 aliphatic heterocycles. The molecule has 0 fully saturated rings. The predicted molar refractivity (Wildman–Crippen MR) is 95.5 cm³/mol. The molecule has 1 rings (SSSR count). The molecule has 1 atom stereocenters. The Bertz CT molecular complexity index is 571. The van der Waals surface area contributed by atoms with Gasteiger partial charge in [-0.05, 0) is 32.4 Å². The van der Waals surface area contributed by atoms with E-state index in [0.29, 0.717) is 31.7 Å². The molecule has 0 aliphatic carbocycles. The number of methoxy groups -OCH3 is 1. The Hall–Kier alpha value is -2.08. The highest BCUT2D eigenvalue weighted by Gasteiger charge is 2.23. The summed E-state index contributed by atoms with van der Waals surface area (Å²) in [5, 5.41) is 2.84. The Balaban J connectivity index is 2.94. The van der Waals surface area contributed by atoms with Crippen molar-refractivity contribution in [3.63, 3.8) is 0 Å². The molecular formula is C19H29NO5. The van der Waals surface area contributed by atoms with Crippen molar-refractivity contribution in [3.05, 3.63) is 29.3 Å². The summed E-state index contributed by atoms with van der Waals surface area (Å²) in [5.74, 6) is 0.297. The van der Waals surface area contributed by atoms with E-state index < -0.39 is 6.10 Å². The molecule has 1 unspecified atom stereocenters. The van der Waals surface area contributed by atoms with Gasteiger partial charge in [-0.1, -0.05) is 19.1 Å². The van der Waals surface area contributed by atoms with Crippen LogP contribution in [0, 0.1) is 0 Å². The van der Waals surface area contributed by atoms with E-state index in [4.69, 9.17) is 14.2 Å². The van der Waals surface area contributed by atoms with E-state index in [0.717, 1.165) is 11.1 Å². The van der Waals surface area contributed by atoms with E-state index in [2.05, 4.69) is 5.32 Å². The quantitative estimate of drug-likeness (QED) is 0.656. The van der Waals surface area contributed by atoms with Gasteiger partial charge < -0.3 is 19.5 Å². The first-order chi connectivity index (χ1) is 11.9. The van der Waals surface area contributed by atoms with Crippen molar-refractivity contribution < 1.29 is 23.8 Å². The summed E-state index contributed by atoms with van der Waals surface area (Å²) in [6.45, 7) is 8.02. The molecule has 0 heterocycles. The minimum Gasteiger partial charge on any atom is -0.496 e. The lowest BCUT2D eigenvalue weighted by atomic mass is 10.0. The molecule has 0 spiro atoms. The molecule has 0 aliphatic rings. The van der Waals surface area contributed by atoms with Gasteiger partial charge in [0.2, 0.25) is 5.91 Å². The number of ether oxygens (including phenoxy) is 3. The molecule has 1 aromatic carbocycles. The van der Waals surface area contributed by atoms with Crippen LogP contribution in [0.15, 0.2) is 18.2 Å². The maximum absolute atomic E-state index is 12.1. The van der Waals surface area contributed by atoms with Crippen LogP contribution >= 0.6 is 0 Å². The number of amides is 1. The third-order valence-corrected chi connectivity index (χ3v) is 3.55. The minimum absolute atomic E-state index is 0.0278. The monoisotopic (exact) mass is 351 g/mol. The van der Waals surface area contributed by atoms with Crippen molar-refractivity contribution in [2.45, 2.75) is 59.3 Å². The number of benzene rings is 1. The fourth-order valence-corrected chi connectivity index (χ4v) is 2.38. The molecule has 6 nitrogen and oxygen atoms in total. The van der Waals surface area contributed by atoms with Crippen LogP contribution in [0.1, 0.15) is 45.2 Å². The fraction of sp³-hybridized carbons (Fsp3) is 0.579. The molecule has 1 amide bonds. The molecule has 1 N–H and O–H groups in total. The molecule has 0 saturated heterocycles. The summed E-state index contributed by atoms with van der Waals surface area (Å²) in [7, 11) is 1.59. The third kappa shape index (κ3) is 7.13. The zero-order valence-corrected chi connectivity index (χ0v) is 15.8. The Morgan fingerprint density at radius 3 is 2.48 bits per heavy atom. The van der Waals surface area contributed by atoms with Gasteiger partial charge in [0.25, 0.3) is 0 Å². The van der Waals surface area contributed by atoms with Crippen LogP contribution in [0.25, 0.3) is 0 Å². The second-order valence-corrected chi connectivity index (χ2v) is 5.91. The van der Waals surface area contributed by atoms with E-state index in [1.54, 1.807) is 21.0 Å². The number of nitrogens with one attached hydrogen (secondary N) is 1. The van der Waals surface area contributed by atoms with E-state index in [-0.39, 0.29) is 18.0 Å². The summed E-state index contributed by atoms with van der Waals surface area (Å²) in [6, 6.07) is 5.64. The Kier molecular flexibility index (Phi) is 8.99. The summed E-state index contributed by atoms with van der Waals surface area (Å²) < 4.78 is 16.2. The molecule has 6 heteroatoms. The molecule has 0 aromatic heterocycles. The van der Waals surface area contributed by atoms with Crippen LogP contribution < -0.4 is 10.1 Å². The average molecular weight is 351 g/mol. The van der Waals surface area contributed by atoms with Gasteiger partial charge in [0.1, 0.15) is 5.75 Å². The normalized spacial score (nSPS) is 11.9. The molecule has 25 heavy (non-hydrogen) atoms. The molecule has 0 radical (unpaired) electrons. The van der Waals surface area contributed by atoms with E-state index >= 15 is 0 Å². The zero-order chi connectivity index (χ0) is 18.8. The number of hydrogen-bond donors (Lipinski definition) is 1. The largest absolute Gasteiger partial charge is 0.496 e. The zero-order valence-electron chi connectivity index (χ0n) is 15.8. The van der Waals surface area contributed by atoms with Crippen molar-refractivity contribution >= 4 is 11.9 Å². The van der Waals surface area contributed by atoms with Crippen molar-refractivity contribution in [3.8, 4) is 5.75 Å². The fourth-order valence-electron chi connectivity index (χ4n) is 2.38. The summed E-state index contributed by atoms with van der Waals surface area (Å²) in [4.78, 5) is 23.6. The maximum atomic E-state index is 12.1. The Labute approximate surface area is 149 Å². The third-order valence-electron chi connectivity index (χ3n) is 3.55. The van der Waals surface area contributed by atoms with Gasteiger partial charge in [-0.25, -0.2) is 4.79 Å². The molecule has 0 bridgehead atoms. The Morgan fingerprint density at radius 2 is 1.92 bits per heavy atom. The van der Waals surface area contributed by atoms with Crippen molar-refractivity contribution in [1.82, 2.24) is 5.32 Å². The number of rotatable bonds is 10. The van der Waals surface area contributed by atoms with Gasteiger partial charge in [0.15, 0.2) is 6.10 Å². The number of carbonyl (C=O) groups excluding carboxylic acids is 2. The van der Waals surface area contributed by atoms with Gasteiger partial charge in [-0.2, -0.15) is 0 Å². The van der Waals surface area contributed by atoms with E-state index in [1.807, 2.05) is 32.0 Å². The second-order valence-electron chi connectivity index (χ2n) is 5.91. The Morgan fingerprint density at radius 1 is 1.20 bits per heavy atom. The van der Waals surface area contributed by atoms with Crippen LogP contribution in [-0.4, -0.2) is 37.8 Å². The smallest absolute Gasteiger partial charge is 0.335 e. The molecule has 140 valence electrons. The number of esters is 1. The summed E-state index contributed by atoms with van der Waals surface area (Å²) in [6.07, 6.45) is 0.0765. The van der Waals surface area contributed by atoms with Crippen molar-refractivity contribution in [1.29, 1.82) is 0 Å². The maximum Gasteiger partial charge on any atom is 0.335 e. The summed E-state index contributed by atoms with van der Waals surface area (Å²) in [5.41, 5.74) is 1.77. The van der Waals surface area contributed by atoms with Crippen molar-refractivity contribution in [2.24, 2.45) is 0 Å². The van der Waals surface area contributed by atoms with Crippen LogP contribution in [0.3, 0.4) is 0 Å². The molecular weight excluding hydrogens is 322 g/mol. The van der Waals surface area contributed by atoms with Gasteiger partial charge in [-0.3, -0.25) is 4.79 Å². The van der Waals surface area contributed by atoms with E-state index in [9.17, 15) is 9.59 Å². The van der Waals surface area contributed by atoms with E-state index in [1.165, 1.54) is 0 Å². The average Bonchev–Trinajstić information content (AvgIpc) is 2.59. The van der Waals surface area contributed by atoms with Gasteiger partial charge in [-0.15, -0.1) is 0 Å². The highest BCUT2D eigenvalue weighted by atomic mass is 16.6. The highest BCUT2D eigenvalue weighted by molar-refractivity contribution is 5.76. The number of carbonyl (C=O) groups is 2. The van der Waals surface area contributed by atoms with Crippen LogP contribution in [0.4, 0.5) is 0 Å². The lowest BCUT2D eigenvalue weighted by Crippen LogP contribution is -2.31. The van der Waals surface area contributed by atoms with Gasteiger partial charge >= 0.3 is 5.97 Å². The lowest BCUT2D eigenvalue weighted by Gasteiger charge is -2.20. The molecule has 1 aromatic rings. The predicted octanol–water partition coefficient (Wildman–Crippen LogP) is 2.62. The minimum atomic E-state index is -0.661. The SMILES string of the molecule is CCOC(=O)C(Cc1ccc(OC)c(CNC(=O)CC)c1)OC(C)C. The standard InChI is InChI=1S/C19H29NO5/c1-6-18(21)20-12-15-10-14(8-9-16(15)23-5)11-17(25-13(3)4)19(22)24-7-2/h8-10,13,17H,6-7,11-12H2,1-5H3,(H,20,21). The lowest BCUT2D eigenvalue weighted by molar-refractivity contribution is -0.159. The molecule has 0 saturated carbocycles.